The zero-order valence-electron chi connectivity index (χ0n) is 17.1. The number of para-hydroxylation sites is 2. The number of aromatic nitrogens is 2. The summed E-state index contributed by atoms with van der Waals surface area (Å²) in [7, 11) is 0. The molecule has 0 saturated carbocycles. The van der Waals surface area contributed by atoms with E-state index in [-0.39, 0.29) is 18.1 Å². The van der Waals surface area contributed by atoms with Gasteiger partial charge in [-0.2, -0.15) is 5.10 Å². The molecule has 0 bridgehead atoms. The van der Waals surface area contributed by atoms with E-state index in [1.807, 2.05) is 67.6 Å². The van der Waals surface area contributed by atoms with Gasteiger partial charge in [0.15, 0.2) is 0 Å². The number of carbonyl (C=O) groups is 1. The summed E-state index contributed by atoms with van der Waals surface area (Å²) in [6.07, 6.45) is 0.692. The molecule has 1 amide bonds. The van der Waals surface area contributed by atoms with Crippen molar-refractivity contribution in [3.8, 4) is 17.3 Å². The zero-order chi connectivity index (χ0) is 21.6. The third-order valence-corrected chi connectivity index (χ3v) is 4.83. The van der Waals surface area contributed by atoms with Gasteiger partial charge in [0, 0.05) is 17.7 Å². The first-order chi connectivity index (χ1) is 15.1. The van der Waals surface area contributed by atoms with Gasteiger partial charge >= 0.3 is 0 Å². The molecule has 31 heavy (non-hydrogen) atoms. The van der Waals surface area contributed by atoms with Crippen LogP contribution in [0, 0.1) is 12.7 Å². The second-order valence-corrected chi connectivity index (χ2v) is 7.09. The first-order valence-electron chi connectivity index (χ1n) is 10.0. The van der Waals surface area contributed by atoms with Gasteiger partial charge in [-0.3, -0.25) is 4.79 Å². The Morgan fingerprint density at radius 2 is 1.61 bits per heavy atom. The molecule has 5 nitrogen and oxygen atoms in total. The van der Waals surface area contributed by atoms with Gasteiger partial charge in [0.2, 0.25) is 11.8 Å². The minimum Gasteiger partial charge on any atom is -0.439 e. The molecular weight excluding hydrogens is 393 g/mol. The highest BCUT2D eigenvalue weighted by Gasteiger charge is 2.19. The molecule has 156 valence electrons. The van der Waals surface area contributed by atoms with Crippen molar-refractivity contribution in [2.45, 2.75) is 19.8 Å². The second kappa shape index (κ2) is 9.26. The number of nitrogens with zero attached hydrogens (tertiary/aromatic N) is 2. The smallest absolute Gasteiger partial charge is 0.226 e. The van der Waals surface area contributed by atoms with E-state index in [1.54, 1.807) is 4.68 Å². The summed E-state index contributed by atoms with van der Waals surface area (Å²) in [5.41, 5.74) is 3.09. The monoisotopic (exact) mass is 415 g/mol. The molecule has 0 radical (unpaired) electrons. The maximum absolute atomic E-state index is 13.1. The number of ether oxygens (including phenoxy) is 1. The van der Waals surface area contributed by atoms with Crippen LogP contribution in [0.2, 0.25) is 0 Å². The van der Waals surface area contributed by atoms with E-state index >= 15 is 0 Å². The lowest BCUT2D eigenvalue weighted by Gasteiger charge is -2.11. The molecule has 4 rings (SSSR count). The predicted octanol–water partition coefficient (Wildman–Crippen LogP) is 5.68. The number of hydrogen-bond acceptors (Lipinski definition) is 3. The van der Waals surface area contributed by atoms with Gasteiger partial charge in [0.05, 0.1) is 11.4 Å². The fourth-order valence-corrected chi connectivity index (χ4v) is 3.27. The van der Waals surface area contributed by atoms with Gasteiger partial charge in [-0.15, -0.1) is 0 Å². The van der Waals surface area contributed by atoms with Crippen molar-refractivity contribution >= 4 is 11.6 Å². The average molecular weight is 415 g/mol. The van der Waals surface area contributed by atoms with E-state index in [1.165, 1.54) is 24.3 Å². The third kappa shape index (κ3) is 4.98. The number of rotatable bonds is 7. The largest absolute Gasteiger partial charge is 0.439 e. The Morgan fingerprint density at radius 1 is 0.968 bits per heavy atom. The highest BCUT2D eigenvalue weighted by molar-refractivity contribution is 5.90. The summed E-state index contributed by atoms with van der Waals surface area (Å²) in [4.78, 5) is 12.5. The summed E-state index contributed by atoms with van der Waals surface area (Å²) >= 11 is 0. The Labute approximate surface area is 180 Å². The highest BCUT2D eigenvalue weighted by Crippen LogP contribution is 2.31. The van der Waals surface area contributed by atoms with E-state index in [4.69, 9.17) is 4.74 Å². The van der Waals surface area contributed by atoms with Crippen LogP contribution in [-0.4, -0.2) is 15.7 Å². The molecule has 0 spiro atoms. The predicted molar refractivity (Wildman–Crippen MR) is 118 cm³/mol. The van der Waals surface area contributed by atoms with E-state index in [9.17, 15) is 9.18 Å². The van der Waals surface area contributed by atoms with Gasteiger partial charge in [0.1, 0.15) is 11.6 Å². The van der Waals surface area contributed by atoms with Crippen LogP contribution in [0.25, 0.3) is 5.69 Å². The van der Waals surface area contributed by atoms with Crippen molar-refractivity contribution < 1.29 is 13.9 Å². The molecular formula is C25H22FN3O2. The van der Waals surface area contributed by atoms with Gasteiger partial charge in [-0.25, -0.2) is 9.07 Å². The Kier molecular flexibility index (Phi) is 6.08. The van der Waals surface area contributed by atoms with Crippen LogP contribution >= 0.6 is 0 Å². The lowest BCUT2D eigenvalue weighted by Crippen LogP contribution is -2.12. The molecule has 4 aromatic rings. The van der Waals surface area contributed by atoms with Gasteiger partial charge in [0.25, 0.3) is 0 Å². The summed E-state index contributed by atoms with van der Waals surface area (Å²) < 4.78 is 21.0. The van der Waals surface area contributed by atoms with Crippen molar-refractivity contribution in [3.05, 3.63) is 102 Å². The standard InChI is InChI=1S/C25H22FN3O2/c1-18-23(16-17-24(30)27-20-14-12-19(26)13-15-20)25(31-22-10-6-3-7-11-22)29(28-18)21-8-4-2-5-9-21/h2-15H,16-17H2,1H3,(H,27,30). The molecule has 0 aliphatic rings. The molecule has 0 atom stereocenters. The van der Waals surface area contributed by atoms with E-state index < -0.39 is 0 Å². The Hall–Kier alpha value is -3.93. The van der Waals surface area contributed by atoms with Crippen LogP contribution in [-0.2, 0) is 11.2 Å². The number of carbonyl (C=O) groups excluding carboxylic acids is 1. The molecule has 1 N–H and O–H groups in total. The van der Waals surface area contributed by atoms with E-state index in [0.29, 0.717) is 23.7 Å². The lowest BCUT2D eigenvalue weighted by atomic mass is 10.1. The molecule has 0 aliphatic carbocycles. The first kappa shape index (κ1) is 20.3. The van der Waals surface area contributed by atoms with Gasteiger partial charge in [-0.05, 0) is 61.9 Å². The molecule has 0 fully saturated rings. The molecule has 1 heterocycles. The van der Waals surface area contributed by atoms with E-state index in [0.717, 1.165) is 16.9 Å². The summed E-state index contributed by atoms with van der Waals surface area (Å²) in [5.74, 6) is 0.773. The van der Waals surface area contributed by atoms with Gasteiger partial charge < -0.3 is 10.1 Å². The Balaban J connectivity index is 1.58. The van der Waals surface area contributed by atoms with Crippen LogP contribution in [0.15, 0.2) is 84.9 Å². The number of aryl methyl sites for hydroxylation is 1. The van der Waals surface area contributed by atoms with Crippen LogP contribution in [0.5, 0.6) is 11.6 Å². The maximum atomic E-state index is 13.1. The van der Waals surface area contributed by atoms with Gasteiger partial charge in [-0.1, -0.05) is 36.4 Å². The van der Waals surface area contributed by atoms with Crippen LogP contribution in [0.4, 0.5) is 10.1 Å². The lowest BCUT2D eigenvalue weighted by molar-refractivity contribution is -0.116. The minimum absolute atomic E-state index is 0.163. The van der Waals surface area contributed by atoms with Crippen molar-refractivity contribution in [1.29, 1.82) is 0 Å². The molecule has 0 aliphatic heterocycles. The molecule has 3 aromatic carbocycles. The third-order valence-electron chi connectivity index (χ3n) is 4.83. The fourth-order valence-electron chi connectivity index (χ4n) is 3.27. The number of hydrogen-bond donors (Lipinski definition) is 1. The summed E-state index contributed by atoms with van der Waals surface area (Å²) in [6.45, 7) is 1.91. The number of nitrogens with one attached hydrogen (secondary N) is 1. The van der Waals surface area contributed by atoms with Crippen molar-refractivity contribution in [1.82, 2.24) is 9.78 Å². The normalized spacial score (nSPS) is 10.6. The number of amides is 1. The Bertz CT molecular complexity index is 1160. The van der Waals surface area contributed by atoms with Crippen molar-refractivity contribution in [2.75, 3.05) is 5.32 Å². The van der Waals surface area contributed by atoms with Crippen molar-refractivity contribution in [3.63, 3.8) is 0 Å². The number of halogens is 1. The van der Waals surface area contributed by atoms with E-state index in [2.05, 4.69) is 10.4 Å². The average Bonchev–Trinajstić information content (AvgIpc) is 3.10. The number of benzene rings is 3. The Morgan fingerprint density at radius 3 is 2.29 bits per heavy atom. The first-order valence-corrected chi connectivity index (χ1v) is 10.0. The minimum atomic E-state index is -0.343. The fraction of sp³-hybridized carbons (Fsp3) is 0.120. The van der Waals surface area contributed by atoms with Crippen LogP contribution in [0.3, 0.4) is 0 Å². The highest BCUT2D eigenvalue weighted by atomic mass is 19.1. The number of anilines is 1. The molecule has 0 unspecified atom stereocenters. The quantitative estimate of drug-likeness (QED) is 0.422. The van der Waals surface area contributed by atoms with Crippen molar-refractivity contribution in [2.24, 2.45) is 0 Å². The zero-order valence-corrected chi connectivity index (χ0v) is 17.1. The molecule has 1 aromatic heterocycles. The van der Waals surface area contributed by atoms with Crippen LogP contribution in [0.1, 0.15) is 17.7 Å². The van der Waals surface area contributed by atoms with Crippen LogP contribution < -0.4 is 10.1 Å². The molecule has 0 saturated heterocycles. The SMILES string of the molecule is Cc1nn(-c2ccccc2)c(Oc2ccccc2)c1CCC(=O)Nc1ccc(F)cc1. The maximum Gasteiger partial charge on any atom is 0.226 e. The summed E-state index contributed by atoms with van der Waals surface area (Å²) in [6, 6.07) is 24.9. The second-order valence-electron chi connectivity index (χ2n) is 7.09. The summed E-state index contributed by atoms with van der Waals surface area (Å²) in [5, 5.41) is 7.46. The topological polar surface area (TPSA) is 56.2 Å². The molecule has 6 heteroatoms.